The number of hydrogen-bond acceptors (Lipinski definition) is 7. The van der Waals surface area contributed by atoms with Crippen molar-refractivity contribution in [2.75, 3.05) is 4.90 Å². The van der Waals surface area contributed by atoms with Gasteiger partial charge in [-0.2, -0.15) is 0 Å². The first-order valence-electron chi connectivity index (χ1n) is 19.3. The molecular weight excluding hydrogens is 625 g/mol. The van der Waals surface area contributed by atoms with Crippen LogP contribution in [0.1, 0.15) is 132 Å². The normalized spacial score (nSPS) is 18.8. The highest BCUT2D eigenvalue weighted by molar-refractivity contribution is 6.64. The van der Waals surface area contributed by atoms with Gasteiger partial charge >= 0.3 is 7.12 Å². The van der Waals surface area contributed by atoms with Gasteiger partial charge in [0.25, 0.3) is 11.6 Å². The van der Waals surface area contributed by atoms with Crippen LogP contribution in [-0.4, -0.2) is 29.9 Å². The van der Waals surface area contributed by atoms with Gasteiger partial charge in [0.15, 0.2) is 23.0 Å². The highest BCUT2D eigenvalue weighted by Gasteiger charge is 2.52. The predicted molar refractivity (Wildman–Crippen MR) is 203 cm³/mol. The van der Waals surface area contributed by atoms with E-state index in [0.29, 0.717) is 0 Å². The number of unbranched alkanes of at least 4 members (excludes halogenated alkanes) is 4. The molecule has 3 heterocycles. The Morgan fingerprint density at radius 3 is 1.34 bits per heavy atom. The molecule has 0 atom stereocenters. The van der Waals surface area contributed by atoms with Gasteiger partial charge in [0.05, 0.1) is 22.6 Å². The molecule has 6 rings (SSSR count). The number of hydrogen-bond donors (Lipinski definition) is 0. The van der Waals surface area contributed by atoms with E-state index in [2.05, 4.69) is 115 Å². The highest BCUT2D eigenvalue weighted by Crippen LogP contribution is 2.50. The SMILES string of the molecule is CCCCC1(CCCC)Oc2ccc(N(c3ccc4c(c3)OC(CCCC)(CCCC)O4)c3ccccc3B3OC(C)(C)C(C)(C)O3)cc2O1. The summed E-state index contributed by atoms with van der Waals surface area (Å²) in [5.41, 5.74) is 2.83. The molecule has 3 aliphatic heterocycles. The zero-order chi connectivity index (χ0) is 35.6. The Bertz CT molecular complexity index is 1510. The molecule has 0 unspecified atom stereocenters. The van der Waals surface area contributed by atoms with E-state index in [9.17, 15) is 0 Å². The van der Waals surface area contributed by atoms with Crippen LogP contribution in [0.15, 0.2) is 60.7 Å². The molecule has 0 amide bonds. The highest BCUT2D eigenvalue weighted by atomic mass is 16.7. The summed E-state index contributed by atoms with van der Waals surface area (Å²) in [5.74, 6) is 1.87. The van der Waals surface area contributed by atoms with Gasteiger partial charge in [-0.1, -0.05) is 71.6 Å². The monoisotopic (exact) mass is 683 g/mol. The van der Waals surface area contributed by atoms with Crippen molar-refractivity contribution in [3.8, 4) is 23.0 Å². The maximum atomic E-state index is 6.78. The van der Waals surface area contributed by atoms with Crippen LogP contribution < -0.4 is 29.3 Å². The topological polar surface area (TPSA) is 58.6 Å². The van der Waals surface area contributed by atoms with Crippen LogP contribution in [0.5, 0.6) is 23.0 Å². The number of anilines is 3. The summed E-state index contributed by atoms with van der Waals surface area (Å²) in [7, 11) is -0.548. The minimum absolute atomic E-state index is 0.478. The lowest BCUT2D eigenvalue weighted by Crippen LogP contribution is -2.41. The van der Waals surface area contributed by atoms with Crippen molar-refractivity contribution in [1.82, 2.24) is 0 Å². The standard InChI is InChI=1S/C42H58BNO6/c1-9-13-25-41(26-14-10-2)45-35-23-21-31(29-37(35)47-41)44(34-20-18-17-19-33(34)43-49-39(5,6)40(7,8)50-43)32-22-24-36-38(30-32)48-42(46-36,27-15-11-3)28-16-12-4/h17-24,29-30H,9-16,25-28H2,1-8H3. The van der Waals surface area contributed by atoms with Gasteiger partial charge in [0, 0.05) is 49.0 Å². The zero-order valence-corrected chi connectivity index (χ0v) is 31.7. The van der Waals surface area contributed by atoms with Crippen molar-refractivity contribution in [3.63, 3.8) is 0 Å². The first-order valence-corrected chi connectivity index (χ1v) is 19.3. The smallest absolute Gasteiger partial charge is 0.448 e. The molecule has 0 spiro atoms. The summed E-state index contributed by atoms with van der Waals surface area (Å²) < 4.78 is 40.1. The number of benzene rings is 3. The van der Waals surface area contributed by atoms with Crippen LogP contribution in [0, 0.1) is 0 Å². The Labute approximate surface area is 301 Å². The molecule has 0 N–H and O–H groups in total. The summed E-state index contributed by atoms with van der Waals surface area (Å²) in [5, 5.41) is 0. The quantitative estimate of drug-likeness (QED) is 0.139. The lowest BCUT2D eigenvalue weighted by molar-refractivity contribution is -0.0948. The van der Waals surface area contributed by atoms with Gasteiger partial charge in [-0.3, -0.25) is 0 Å². The molecule has 8 heteroatoms. The molecule has 3 aliphatic rings. The third-order valence-corrected chi connectivity index (χ3v) is 10.9. The Morgan fingerprint density at radius 1 is 0.520 bits per heavy atom. The van der Waals surface area contributed by atoms with Gasteiger partial charge in [0.1, 0.15) is 0 Å². The largest absolute Gasteiger partial charge is 0.496 e. The summed E-state index contributed by atoms with van der Waals surface area (Å²) in [6, 6.07) is 20.9. The molecule has 1 saturated heterocycles. The number of para-hydroxylation sites is 1. The van der Waals surface area contributed by atoms with E-state index in [4.69, 9.17) is 28.3 Å². The van der Waals surface area contributed by atoms with Crippen molar-refractivity contribution in [1.29, 1.82) is 0 Å². The number of ether oxygens (including phenoxy) is 4. The number of rotatable bonds is 16. The zero-order valence-electron chi connectivity index (χ0n) is 31.7. The van der Waals surface area contributed by atoms with Gasteiger partial charge in [-0.05, 0) is 83.7 Å². The van der Waals surface area contributed by atoms with E-state index in [1.54, 1.807) is 0 Å². The first kappa shape index (κ1) is 36.4. The molecule has 0 bridgehead atoms. The maximum Gasteiger partial charge on any atom is 0.496 e. The Balaban J connectivity index is 1.43. The third-order valence-electron chi connectivity index (χ3n) is 10.9. The Morgan fingerprint density at radius 2 is 0.920 bits per heavy atom. The molecule has 0 aliphatic carbocycles. The number of fused-ring (bicyclic) bond motifs is 2. The average molecular weight is 684 g/mol. The van der Waals surface area contributed by atoms with Crippen LogP contribution in [0.2, 0.25) is 0 Å². The molecule has 270 valence electrons. The van der Waals surface area contributed by atoms with E-state index >= 15 is 0 Å². The lowest BCUT2D eigenvalue weighted by Gasteiger charge is -2.32. The Hall–Kier alpha value is -3.36. The van der Waals surface area contributed by atoms with E-state index in [1.807, 2.05) is 6.07 Å². The molecule has 50 heavy (non-hydrogen) atoms. The minimum Gasteiger partial charge on any atom is -0.448 e. The van der Waals surface area contributed by atoms with Crippen LogP contribution in [0.4, 0.5) is 17.1 Å². The fraction of sp³-hybridized carbons (Fsp3) is 0.571. The van der Waals surface area contributed by atoms with Crippen LogP contribution >= 0.6 is 0 Å². The second kappa shape index (κ2) is 14.7. The van der Waals surface area contributed by atoms with Crippen molar-refractivity contribution in [2.45, 2.75) is 155 Å². The van der Waals surface area contributed by atoms with Crippen molar-refractivity contribution in [2.24, 2.45) is 0 Å². The summed E-state index contributed by atoms with van der Waals surface area (Å²) in [6.07, 6.45) is 12.0. The van der Waals surface area contributed by atoms with Crippen molar-refractivity contribution in [3.05, 3.63) is 60.7 Å². The fourth-order valence-corrected chi connectivity index (χ4v) is 7.17. The van der Waals surface area contributed by atoms with Gasteiger partial charge in [0.2, 0.25) is 0 Å². The number of nitrogens with zero attached hydrogens (tertiary/aromatic N) is 1. The van der Waals surface area contributed by atoms with Crippen LogP contribution in [-0.2, 0) is 9.31 Å². The minimum atomic E-state index is -0.628. The molecule has 3 aromatic rings. The molecule has 0 saturated carbocycles. The third kappa shape index (κ3) is 7.20. The van der Waals surface area contributed by atoms with Crippen molar-refractivity contribution >= 4 is 29.6 Å². The van der Waals surface area contributed by atoms with Gasteiger partial charge in [-0.15, -0.1) is 0 Å². The van der Waals surface area contributed by atoms with E-state index in [-0.39, 0.29) is 0 Å². The van der Waals surface area contributed by atoms with E-state index in [1.165, 1.54) is 0 Å². The molecule has 0 aromatic heterocycles. The fourth-order valence-electron chi connectivity index (χ4n) is 7.17. The molecule has 0 radical (unpaired) electrons. The second-order valence-corrected chi connectivity index (χ2v) is 15.4. The molecule has 7 nitrogen and oxygen atoms in total. The summed E-state index contributed by atoms with van der Waals surface area (Å²) >= 11 is 0. The predicted octanol–water partition coefficient (Wildman–Crippen LogP) is 11.2. The van der Waals surface area contributed by atoms with Gasteiger partial charge in [-0.25, -0.2) is 0 Å². The average Bonchev–Trinajstić information content (AvgIpc) is 3.72. The summed E-state index contributed by atoms with van der Waals surface area (Å²) in [4.78, 5) is 2.25. The Kier molecular flexibility index (Phi) is 10.7. The molecule has 3 aromatic carbocycles. The molecule has 1 fully saturated rings. The lowest BCUT2D eigenvalue weighted by atomic mass is 9.77. The van der Waals surface area contributed by atoms with Crippen LogP contribution in [0.3, 0.4) is 0 Å². The van der Waals surface area contributed by atoms with Gasteiger partial charge < -0.3 is 33.2 Å². The van der Waals surface area contributed by atoms with E-state index < -0.39 is 29.9 Å². The molecular formula is C42H58BNO6. The first-order chi connectivity index (χ1) is 24.0. The van der Waals surface area contributed by atoms with Crippen molar-refractivity contribution < 1.29 is 28.3 Å². The summed E-state index contributed by atoms with van der Waals surface area (Å²) in [6.45, 7) is 17.2. The van der Waals surface area contributed by atoms with Crippen LogP contribution in [0.25, 0.3) is 0 Å². The second-order valence-electron chi connectivity index (χ2n) is 15.4. The van der Waals surface area contributed by atoms with E-state index in [0.717, 1.165) is 123 Å². The maximum absolute atomic E-state index is 6.78.